The van der Waals surface area contributed by atoms with Crippen molar-refractivity contribution in [3.8, 4) is 22.5 Å². The number of nitrogens with zero attached hydrogens (tertiary/aromatic N) is 1. The number of fused-ring (bicyclic) bond motifs is 1. The van der Waals surface area contributed by atoms with E-state index in [0.717, 1.165) is 33.5 Å². The summed E-state index contributed by atoms with van der Waals surface area (Å²) in [5.41, 5.74) is 5.43. The quantitative estimate of drug-likeness (QED) is 0.531. The highest BCUT2D eigenvalue weighted by molar-refractivity contribution is 5.80. The largest absolute Gasteiger partial charge is 0.338 e. The maximum atomic E-state index is 13.8. The minimum Gasteiger partial charge on any atom is -0.338 e. The van der Waals surface area contributed by atoms with Crippen LogP contribution in [0, 0.1) is 12.7 Å². The first kappa shape index (κ1) is 13.7. The zero-order valence-electron chi connectivity index (χ0n) is 12.7. The highest BCUT2D eigenvalue weighted by atomic mass is 19.1. The maximum absolute atomic E-state index is 13.8. The Labute approximate surface area is 133 Å². The molecule has 1 N–H and O–H groups in total. The number of halogens is 1. The van der Waals surface area contributed by atoms with Crippen LogP contribution in [0.1, 0.15) is 5.56 Å². The van der Waals surface area contributed by atoms with Crippen LogP contribution < -0.4 is 0 Å². The molecule has 112 valence electrons. The lowest BCUT2D eigenvalue weighted by atomic mass is 10.0. The van der Waals surface area contributed by atoms with E-state index < -0.39 is 0 Å². The van der Waals surface area contributed by atoms with E-state index in [1.54, 1.807) is 19.1 Å². The third-order valence-corrected chi connectivity index (χ3v) is 4.03. The Kier molecular flexibility index (Phi) is 3.19. The molecule has 2 nitrogen and oxygen atoms in total. The van der Waals surface area contributed by atoms with Crippen LogP contribution in [0.3, 0.4) is 0 Å². The van der Waals surface area contributed by atoms with Gasteiger partial charge >= 0.3 is 0 Å². The molecule has 0 atom stereocenters. The SMILES string of the molecule is Cc1ccc(-c2cccc(-c3nc4ccccc4[nH]3)c2)cc1F. The van der Waals surface area contributed by atoms with Crippen LogP contribution in [0.2, 0.25) is 0 Å². The van der Waals surface area contributed by atoms with Gasteiger partial charge in [-0.1, -0.05) is 42.5 Å². The van der Waals surface area contributed by atoms with Crippen molar-refractivity contribution < 1.29 is 4.39 Å². The molecule has 3 aromatic carbocycles. The Balaban J connectivity index is 1.80. The van der Waals surface area contributed by atoms with Crippen LogP contribution in [-0.2, 0) is 0 Å². The molecule has 0 spiro atoms. The zero-order valence-corrected chi connectivity index (χ0v) is 12.7. The Morgan fingerprint density at radius 2 is 1.61 bits per heavy atom. The van der Waals surface area contributed by atoms with Gasteiger partial charge < -0.3 is 4.98 Å². The summed E-state index contributed by atoms with van der Waals surface area (Å²) >= 11 is 0. The first-order valence-corrected chi connectivity index (χ1v) is 7.52. The molecule has 1 aromatic heterocycles. The molecule has 0 saturated heterocycles. The lowest BCUT2D eigenvalue weighted by Crippen LogP contribution is -1.86. The molecule has 23 heavy (non-hydrogen) atoms. The van der Waals surface area contributed by atoms with Gasteiger partial charge in [-0.15, -0.1) is 0 Å². The molecule has 0 radical (unpaired) electrons. The third-order valence-electron chi connectivity index (χ3n) is 4.03. The molecule has 0 fully saturated rings. The van der Waals surface area contributed by atoms with Gasteiger partial charge in [0, 0.05) is 5.56 Å². The molecule has 0 amide bonds. The van der Waals surface area contributed by atoms with Crippen molar-refractivity contribution in [2.45, 2.75) is 6.92 Å². The fraction of sp³-hybridized carbons (Fsp3) is 0.0500. The molecule has 0 bridgehead atoms. The van der Waals surface area contributed by atoms with Crippen molar-refractivity contribution in [3.63, 3.8) is 0 Å². The van der Waals surface area contributed by atoms with Gasteiger partial charge in [0.15, 0.2) is 0 Å². The minimum atomic E-state index is -0.184. The second kappa shape index (κ2) is 5.36. The van der Waals surface area contributed by atoms with Gasteiger partial charge in [0.05, 0.1) is 11.0 Å². The van der Waals surface area contributed by atoms with Crippen molar-refractivity contribution in [2.24, 2.45) is 0 Å². The van der Waals surface area contributed by atoms with Crippen molar-refractivity contribution in [1.82, 2.24) is 9.97 Å². The number of rotatable bonds is 2. The number of aromatic nitrogens is 2. The van der Waals surface area contributed by atoms with E-state index in [1.807, 2.05) is 54.6 Å². The van der Waals surface area contributed by atoms with Gasteiger partial charge in [0.2, 0.25) is 0 Å². The highest BCUT2D eigenvalue weighted by Gasteiger charge is 2.07. The van der Waals surface area contributed by atoms with Gasteiger partial charge in [-0.25, -0.2) is 9.37 Å². The fourth-order valence-corrected chi connectivity index (χ4v) is 2.71. The average molecular weight is 302 g/mol. The average Bonchev–Trinajstić information content (AvgIpc) is 3.02. The number of hydrogen-bond acceptors (Lipinski definition) is 1. The number of H-pyrrole nitrogens is 1. The van der Waals surface area contributed by atoms with Gasteiger partial charge in [-0.2, -0.15) is 0 Å². The van der Waals surface area contributed by atoms with Gasteiger partial charge in [0.1, 0.15) is 11.6 Å². The number of nitrogens with one attached hydrogen (secondary N) is 1. The first-order chi connectivity index (χ1) is 11.2. The Hall–Kier alpha value is -2.94. The summed E-state index contributed by atoms with van der Waals surface area (Å²) in [5, 5.41) is 0. The number of aromatic amines is 1. The van der Waals surface area contributed by atoms with Crippen molar-refractivity contribution in [1.29, 1.82) is 0 Å². The van der Waals surface area contributed by atoms with Crippen LogP contribution in [0.4, 0.5) is 4.39 Å². The Morgan fingerprint density at radius 1 is 0.826 bits per heavy atom. The van der Waals surface area contributed by atoms with Crippen LogP contribution in [0.25, 0.3) is 33.5 Å². The Morgan fingerprint density at radius 3 is 2.43 bits per heavy atom. The molecule has 0 aliphatic heterocycles. The minimum absolute atomic E-state index is 0.184. The summed E-state index contributed by atoms with van der Waals surface area (Å²) in [6.07, 6.45) is 0. The van der Waals surface area contributed by atoms with Crippen LogP contribution >= 0.6 is 0 Å². The van der Waals surface area contributed by atoms with E-state index in [0.29, 0.717) is 5.56 Å². The van der Waals surface area contributed by atoms with Crippen molar-refractivity contribution in [2.75, 3.05) is 0 Å². The number of hydrogen-bond donors (Lipinski definition) is 1. The predicted octanol–water partition coefficient (Wildman–Crippen LogP) is 5.34. The van der Waals surface area contributed by atoms with E-state index in [-0.39, 0.29) is 5.82 Å². The number of imidazole rings is 1. The molecular weight excluding hydrogens is 287 g/mol. The van der Waals surface area contributed by atoms with E-state index >= 15 is 0 Å². The molecule has 0 saturated carbocycles. The molecule has 0 unspecified atom stereocenters. The van der Waals surface area contributed by atoms with E-state index in [4.69, 9.17) is 0 Å². The lowest BCUT2D eigenvalue weighted by Gasteiger charge is -2.05. The fourth-order valence-electron chi connectivity index (χ4n) is 2.71. The molecule has 0 aliphatic rings. The van der Waals surface area contributed by atoms with E-state index in [1.165, 1.54) is 0 Å². The van der Waals surface area contributed by atoms with Gasteiger partial charge in [-0.05, 0) is 47.9 Å². The second-order valence-electron chi connectivity index (χ2n) is 5.65. The normalized spacial score (nSPS) is 11.0. The summed E-state index contributed by atoms with van der Waals surface area (Å²) in [7, 11) is 0. The summed E-state index contributed by atoms with van der Waals surface area (Å²) < 4.78 is 13.8. The molecule has 1 heterocycles. The molecule has 4 rings (SSSR count). The molecule has 0 aliphatic carbocycles. The maximum Gasteiger partial charge on any atom is 0.138 e. The summed E-state index contributed by atoms with van der Waals surface area (Å²) in [5.74, 6) is 0.636. The summed E-state index contributed by atoms with van der Waals surface area (Å²) in [6, 6.07) is 21.2. The van der Waals surface area contributed by atoms with Crippen LogP contribution in [0.5, 0.6) is 0 Å². The van der Waals surface area contributed by atoms with Crippen LogP contribution in [-0.4, -0.2) is 9.97 Å². The lowest BCUT2D eigenvalue weighted by molar-refractivity contribution is 0.619. The van der Waals surface area contributed by atoms with Crippen molar-refractivity contribution in [3.05, 3.63) is 78.1 Å². The van der Waals surface area contributed by atoms with Gasteiger partial charge in [0.25, 0.3) is 0 Å². The molecule has 3 heteroatoms. The molecule has 4 aromatic rings. The van der Waals surface area contributed by atoms with E-state index in [2.05, 4.69) is 9.97 Å². The molecular formula is C20H15FN2. The van der Waals surface area contributed by atoms with E-state index in [9.17, 15) is 4.39 Å². The van der Waals surface area contributed by atoms with Gasteiger partial charge in [-0.3, -0.25) is 0 Å². The topological polar surface area (TPSA) is 28.7 Å². The Bertz CT molecular complexity index is 968. The third kappa shape index (κ3) is 2.50. The second-order valence-corrected chi connectivity index (χ2v) is 5.65. The number of benzene rings is 3. The van der Waals surface area contributed by atoms with Crippen molar-refractivity contribution >= 4 is 11.0 Å². The first-order valence-electron chi connectivity index (χ1n) is 7.52. The monoisotopic (exact) mass is 302 g/mol. The van der Waals surface area contributed by atoms with Crippen LogP contribution in [0.15, 0.2) is 66.7 Å². The predicted molar refractivity (Wildman–Crippen MR) is 91.7 cm³/mol. The highest BCUT2D eigenvalue weighted by Crippen LogP contribution is 2.27. The number of para-hydroxylation sites is 2. The zero-order chi connectivity index (χ0) is 15.8. The number of aryl methyl sites for hydroxylation is 1. The smallest absolute Gasteiger partial charge is 0.138 e. The standard InChI is InChI=1S/C20H15FN2/c1-13-9-10-15(12-17(13)21)14-5-4-6-16(11-14)20-22-18-7-2-3-8-19(18)23-20/h2-12H,1H3,(H,22,23). The summed E-state index contributed by atoms with van der Waals surface area (Å²) in [6.45, 7) is 1.77. The summed E-state index contributed by atoms with van der Waals surface area (Å²) in [4.78, 5) is 7.95.